The molecule has 0 spiro atoms. The van der Waals surface area contributed by atoms with Gasteiger partial charge in [0.25, 0.3) is 11.5 Å². The van der Waals surface area contributed by atoms with Gasteiger partial charge in [-0.2, -0.15) is 5.10 Å². The van der Waals surface area contributed by atoms with Crippen molar-refractivity contribution < 1.29 is 22.7 Å². The van der Waals surface area contributed by atoms with Crippen LogP contribution in [0.4, 0.5) is 18.9 Å². The van der Waals surface area contributed by atoms with E-state index in [1.54, 1.807) is 0 Å². The molecule has 0 bridgehead atoms. The molecule has 0 fully saturated rings. The minimum Gasteiger partial charge on any atom is -0.406 e. The summed E-state index contributed by atoms with van der Waals surface area (Å²) in [5, 5.41) is 5.86. The summed E-state index contributed by atoms with van der Waals surface area (Å²) < 4.78 is 40.8. The highest BCUT2D eigenvalue weighted by molar-refractivity contribution is 6.34. The molecule has 1 aromatic carbocycles. The molecular formula is C13H9ClF3N3O3. The molecule has 0 aliphatic heterocycles. The van der Waals surface area contributed by atoms with E-state index in [9.17, 15) is 22.8 Å². The first-order valence-corrected chi connectivity index (χ1v) is 6.44. The maximum atomic E-state index is 12.1. The van der Waals surface area contributed by atoms with Gasteiger partial charge in [-0.25, -0.2) is 4.68 Å². The lowest BCUT2D eigenvalue weighted by Crippen LogP contribution is -2.29. The molecule has 1 amide bonds. The molecule has 0 unspecified atom stereocenters. The van der Waals surface area contributed by atoms with Crippen molar-refractivity contribution in [1.29, 1.82) is 0 Å². The van der Waals surface area contributed by atoms with Gasteiger partial charge in [0.1, 0.15) is 11.3 Å². The SMILES string of the molecule is Cn1ncc(Cl)c(C(=O)Nc2ccc(OC(F)(F)F)cc2)c1=O. The predicted molar refractivity (Wildman–Crippen MR) is 75.6 cm³/mol. The summed E-state index contributed by atoms with van der Waals surface area (Å²) in [5.74, 6) is -1.24. The summed E-state index contributed by atoms with van der Waals surface area (Å²) in [6.07, 6.45) is -3.67. The first-order chi connectivity index (χ1) is 10.7. The zero-order valence-electron chi connectivity index (χ0n) is 11.5. The quantitative estimate of drug-likeness (QED) is 0.926. The summed E-state index contributed by atoms with van der Waals surface area (Å²) in [6.45, 7) is 0. The minimum absolute atomic E-state index is 0.136. The smallest absolute Gasteiger partial charge is 0.406 e. The molecule has 1 aromatic heterocycles. The summed E-state index contributed by atoms with van der Waals surface area (Å²) >= 11 is 5.78. The van der Waals surface area contributed by atoms with Crippen LogP contribution in [-0.4, -0.2) is 22.1 Å². The van der Waals surface area contributed by atoms with E-state index in [2.05, 4.69) is 15.2 Å². The molecular weight excluding hydrogens is 339 g/mol. The maximum absolute atomic E-state index is 12.1. The van der Waals surface area contributed by atoms with Gasteiger partial charge < -0.3 is 10.1 Å². The fourth-order valence-corrected chi connectivity index (χ4v) is 1.87. The third kappa shape index (κ3) is 4.22. The van der Waals surface area contributed by atoms with E-state index in [1.165, 1.54) is 19.2 Å². The third-order valence-corrected chi connectivity index (χ3v) is 2.95. The Labute approximate surface area is 132 Å². The molecule has 0 aliphatic carbocycles. The number of anilines is 1. The van der Waals surface area contributed by atoms with Crippen LogP contribution < -0.4 is 15.6 Å². The molecule has 6 nitrogen and oxygen atoms in total. The van der Waals surface area contributed by atoms with Gasteiger partial charge in [0.15, 0.2) is 0 Å². The van der Waals surface area contributed by atoms with E-state index >= 15 is 0 Å². The van der Waals surface area contributed by atoms with Gasteiger partial charge in [-0.3, -0.25) is 9.59 Å². The fraction of sp³-hybridized carbons (Fsp3) is 0.154. The predicted octanol–water partition coefficient (Wildman–Crippen LogP) is 2.58. The van der Waals surface area contributed by atoms with Gasteiger partial charge in [-0.15, -0.1) is 13.2 Å². The number of halogens is 4. The standard InChI is InChI=1S/C13H9ClF3N3O3/c1-20-12(22)10(9(14)6-18-20)11(21)19-7-2-4-8(5-3-7)23-13(15,16)17/h2-6H,1H3,(H,19,21). The normalized spacial score (nSPS) is 11.2. The second-order valence-corrected chi connectivity index (χ2v) is 4.73. The number of carbonyl (C=O) groups excluding carboxylic acids is 1. The largest absolute Gasteiger partial charge is 0.573 e. The van der Waals surface area contributed by atoms with Gasteiger partial charge in [0.2, 0.25) is 0 Å². The first-order valence-electron chi connectivity index (χ1n) is 6.06. The second-order valence-electron chi connectivity index (χ2n) is 4.32. The number of aryl methyl sites for hydroxylation is 1. The minimum atomic E-state index is -4.80. The molecule has 0 radical (unpaired) electrons. The topological polar surface area (TPSA) is 73.2 Å². The highest BCUT2D eigenvalue weighted by Crippen LogP contribution is 2.24. The summed E-state index contributed by atoms with van der Waals surface area (Å²) in [5.41, 5.74) is -0.855. The van der Waals surface area contributed by atoms with Crippen LogP contribution in [0.3, 0.4) is 0 Å². The van der Waals surface area contributed by atoms with Crippen molar-refractivity contribution >= 4 is 23.2 Å². The number of nitrogens with zero attached hydrogens (tertiary/aromatic N) is 2. The van der Waals surface area contributed by atoms with E-state index in [4.69, 9.17) is 11.6 Å². The van der Waals surface area contributed by atoms with Crippen LogP contribution in [0, 0.1) is 0 Å². The Morgan fingerprint density at radius 3 is 2.48 bits per heavy atom. The molecule has 1 N–H and O–H groups in total. The molecule has 0 aliphatic rings. The van der Waals surface area contributed by atoms with Crippen molar-refractivity contribution in [2.45, 2.75) is 6.36 Å². The number of benzene rings is 1. The number of ether oxygens (including phenoxy) is 1. The van der Waals surface area contributed by atoms with Crippen LogP contribution in [0.1, 0.15) is 10.4 Å². The molecule has 0 saturated heterocycles. The zero-order chi connectivity index (χ0) is 17.2. The monoisotopic (exact) mass is 347 g/mol. The van der Waals surface area contributed by atoms with Crippen LogP contribution in [0.25, 0.3) is 0 Å². The number of rotatable bonds is 3. The molecule has 122 valence electrons. The Kier molecular flexibility index (Phi) is 4.60. The molecule has 0 saturated carbocycles. The lowest BCUT2D eigenvalue weighted by Gasteiger charge is -2.10. The maximum Gasteiger partial charge on any atom is 0.573 e. The Morgan fingerprint density at radius 1 is 1.30 bits per heavy atom. The summed E-state index contributed by atoms with van der Waals surface area (Å²) in [4.78, 5) is 23.9. The van der Waals surface area contributed by atoms with Crippen molar-refractivity contribution in [2.24, 2.45) is 7.05 Å². The number of nitrogens with one attached hydrogen (secondary N) is 1. The van der Waals surface area contributed by atoms with Crippen LogP contribution in [0.15, 0.2) is 35.3 Å². The van der Waals surface area contributed by atoms with E-state index in [1.807, 2.05) is 0 Å². The van der Waals surface area contributed by atoms with Gasteiger partial charge in [-0.1, -0.05) is 11.6 Å². The van der Waals surface area contributed by atoms with Crippen LogP contribution >= 0.6 is 11.6 Å². The summed E-state index contributed by atoms with van der Waals surface area (Å²) in [7, 11) is 1.35. The van der Waals surface area contributed by atoms with Crippen LogP contribution in [0.2, 0.25) is 5.02 Å². The lowest BCUT2D eigenvalue weighted by atomic mass is 10.2. The van der Waals surface area contributed by atoms with Crippen LogP contribution in [-0.2, 0) is 7.05 Å². The van der Waals surface area contributed by atoms with E-state index in [-0.39, 0.29) is 16.3 Å². The van der Waals surface area contributed by atoms with E-state index < -0.39 is 23.6 Å². The Morgan fingerprint density at radius 2 is 1.91 bits per heavy atom. The zero-order valence-corrected chi connectivity index (χ0v) is 12.3. The average molecular weight is 348 g/mol. The third-order valence-electron chi connectivity index (χ3n) is 2.66. The van der Waals surface area contributed by atoms with Crippen molar-refractivity contribution in [3.8, 4) is 5.75 Å². The van der Waals surface area contributed by atoms with Crippen molar-refractivity contribution in [1.82, 2.24) is 9.78 Å². The number of hydrogen-bond donors (Lipinski definition) is 1. The Hall–Kier alpha value is -2.55. The summed E-state index contributed by atoms with van der Waals surface area (Å²) in [6, 6.07) is 4.43. The molecule has 10 heteroatoms. The van der Waals surface area contributed by atoms with Gasteiger partial charge in [-0.05, 0) is 24.3 Å². The van der Waals surface area contributed by atoms with Crippen molar-refractivity contribution in [3.05, 3.63) is 51.4 Å². The molecule has 23 heavy (non-hydrogen) atoms. The van der Waals surface area contributed by atoms with Crippen LogP contribution in [0.5, 0.6) is 5.75 Å². The number of amides is 1. The van der Waals surface area contributed by atoms with Crippen molar-refractivity contribution in [3.63, 3.8) is 0 Å². The fourth-order valence-electron chi connectivity index (χ4n) is 1.66. The van der Waals surface area contributed by atoms with E-state index in [0.29, 0.717) is 0 Å². The first kappa shape index (κ1) is 16.8. The Bertz CT molecular complexity index is 788. The number of alkyl halides is 3. The average Bonchev–Trinajstić information content (AvgIpc) is 2.44. The highest BCUT2D eigenvalue weighted by atomic mass is 35.5. The van der Waals surface area contributed by atoms with Gasteiger partial charge >= 0.3 is 6.36 Å². The number of hydrogen-bond acceptors (Lipinski definition) is 4. The van der Waals surface area contributed by atoms with Gasteiger partial charge in [0.05, 0.1) is 11.2 Å². The van der Waals surface area contributed by atoms with Gasteiger partial charge in [0, 0.05) is 12.7 Å². The Balaban J connectivity index is 2.18. The number of carbonyl (C=O) groups is 1. The van der Waals surface area contributed by atoms with E-state index in [0.717, 1.165) is 23.0 Å². The second kappa shape index (κ2) is 6.29. The molecule has 1 heterocycles. The molecule has 2 aromatic rings. The highest BCUT2D eigenvalue weighted by Gasteiger charge is 2.31. The van der Waals surface area contributed by atoms with Crippen molar-refractivity contribution in [2.75, 3.05) is 5.32 Å². The molecule has 0 atom stereocenters. The molecule has 2 rings (SSSR count). The number of aromatic nitrogens is 2. The lowest BCUT2D eigenvalue weighted by molar-refractivity contribution is -0.274.